The molecule has 0 atom stereocenters. The van der Waals surface area contributed by atoms with Crippen molar-refractivity contribution in [3.05, 3.63) is 52.7 Å². The molecule has 1 aromatic carbocycles. The van der Waals surface area contributed by atoms with E-state index < -0.39 is 23.3 Å². The van der Waals surface area contributed by atoms with Crippen LogP contribution in [0.25, 0.3) is 0 Å². The lowest BCUT2D eigenvalue weighted by atomic mass is 10.1. The number of halogens is 4. The van der Waals surface area contributed by atoms with Crippen molar-refractivity contribution in [2.24, 2.45) is 0 Å². The van der Waals surface area contributed by atoms with Crippen LogP contribution >= 0.6 is 11.6 Å². The Balaban J connectivity index is 2.41. The molecule has 2 aromatic rings. The SMILES string of the molecule is Nc1ncccc1C(=O)Nc1c(Cl)cccc1C(F)(F)F. The number of hydrogen-bond donors (Lipinski definition) is 2. The van der Waals surface area contributed by atoms with E-state index in [4.69, 9.17) is 17.3 Å². The molecule has 0 aliphatic carbocycles. The fraction of sp³-hybridized carbons (Fsp3) is 0.0769. The van der Waals surface area contributed by atoms with Gasteiger partial charge in [0.15, 0.2) is 0 Å². The number of nitrogens with two attached hydrogens (primary N) is 1. The lowest BCUT2D eigenvalue weighted by molar-refractivity contribution is -0.136. The minimum atomic E-state index is -4.64. The van der Waals surface area contributed by atoms with E-state index in [1.807, 2.05) is 0 Å². The van der Waals surface area contributed by atoms with Crippen LogP contribution in [0.5, 0.6) is 0 Å². The summed E-state index contributed by atoms with van der Waals surface area (Å²) >= 11 is 5.75. The molecule has 0 unspecified atom stereocenters. The first-order chi connectivity index (χ1) is 9.80. The number of pyridine rings is 1. The molecule has 1 amide bonds. The normalized spacial score (nSPS) is 11.2. The van der Waals surface area contributed by atoms with Crippen molar-refractivity contribution < 1.29 is 18.0 Å². The van der Waals surface area contributed by atoms with Crippen LogP contribution in [0.4, 0.5) is 24.7 Å². The second-order valence-electron chi connectivity index (χ2n) is 4.05. The molecule has 0 aliphatic heterocycles. The standard InChI is InChI=1S/C13H9ClF3N3O/c14-9-5-1-4-8(13(15,16)17)10(9)20-12(21)7-3-2-6-19-11(7)18/h1-6H,(H2,18,19)(H,20,21). The van der Waals surface area contributed by atoms with Gasteiger partial charge in [-0.15, -0.1) is 0 Å². The molecule has 3 N–H and O–H groups in total. The maximum atomic E-state index is 12.9. The van der Waals surface area contributed by atoms with Crippen LogP contribution in [0.3, 0.4) is 0 Å². The molecule has 2 rings (SSSR count). The number of alkyl halides is 3. The quantitative estimate of drug-likeness (QED) is 0.890. The molecule has 1 aromatic heterocycles. The first-order valence-electron chi connectivity index (χ1n) is 5.68. The Bertz CT molecular complexity index is 689. The Labute approximate surface area is 122 Å². The summed E-state index contributed by atoms with van der Waals surface area (Å²) in [6.45, 7) is 0. The van der Waals surface area contributed by atoms with Gasteiger partial charge in [-0.3, -0.25) is 4.79 Å². The highest BCUT2D eigenvalue weighted by molar-refractivity contribution is 6.34. The number of nitrogens with one attached hydrogen (secondary N) is 1. The van der Waals surface area contributed by atoms with Crippen LogP contribution in [0.2, 0.25) is 5.02 Å². The van der Waals surface area contributed by atoms with Crippen molar-refractivity contribution in [2.45, 2.75) is 6.18 Å². The van der Waals surface area contributed by atoms with E-state index in [9.17, 15) is 18.0 Å². The zero-order valence-electron chi connectivity index (χ0n) is 10.4. The van der Waals surface area contributed by atoms with Gasteiger partial charge in [0.05, 0.1) is 21.8 Å². The van der Waals surface area contributed by atoms with Crippen LogP contribution in [0.1, 0.15) is 15.9 Å². The maximum absolute atomic E-state index is 12.9. The largest absolute Gasteiger partial charge is 0.418 e. The van der Waals surface area contributed by atoms with Crippen molar-refractivity contribution in [3.8, 4) is 0 Å². The average molecular weight is 316 g/mol. The molecular formula is C13H9ClF3N3O. The lowest BCUT2D eigenvalue weighted by Crippen LogP contribution is -2.18. The van der Waals surface area contributed by atoms with Crippen LogP contribution in [-0.4, -0.2) is 10.9 Å². The third kappa shape index (κ3) is 3.25. The zero-order chi connectivity index (χ0) is 15.6. The molecule has 0 saturated heterocycles. The number of nitrogen functional groups attached to an aromatic ring is 1. The van der Waals surface area contributed by atoms with Crippen LogP contribution in [0, 0.1) is 0 Å². The fourth-order valence-corrected chi connectivity index (χ4v) is 1.90. The second-order valence-corrected chi connectivity index (χ2v) is 4.46. The molecule has 0 aliphatic rings. The second kappa shape index (κ2) is 5.61. The van der Waals surface area contributed by atoms with Crippen molar-refractivity contribution in [1.82, 2.24) is 4.98 Å². The van der Waals surface area contributed by atoms with Gasteiger partial charge in [-0.1, -0.05) is 17.7 Å². The van der Waals surface area contributed by atoms with Crippen LogP contribution in [0.15, 0.2) is 36.5 Å². The lowest BCUT2D eigenvalue weighted by Gasteiger charge is -2.15. The molecule has 0 bridgehead atoms. The first kappa shape index (κ1) is 15.1. The third-order valence-electron chi connectivity index (χ3n) is 2.64. The molecule has 1 heterocycles. The Morgan fingerprint density at radius 2 is 1.95 bits per heavy atom. The summed E-state index contributed by atoms with van der Waals surface area (Å²) in [6, 6.07) is 6.02. The summed E-state index contributed by atoms with van der Waals surface area (Å²) in [5, 5.41) is 1.91. The van der Waals surface area contributed by atoms with E-state index in [0.717, 1.165) is 12.1 Å². The van der Waals surface area contributed by atoms with E-state index in [2.05, 4.69) is 10.3 Å². The smallest absolute Gasteiger partial charge is 0.383 e. The monoisotopic (exact) mass is 315 g/mol. The van der Waals surface area contributed by atoms with E-state index in [1.54, 1.807) is 0 Å². The number of para-hydroxylation sites is 1. The molecule has 0 fully saturated rings. The molecule has 8 heteroatoms. The minimum Gasteiger partial charge on any atom is -0.383 e. The predicted molar refractivity (Wildman–Crippen MR) is 73.1 cm³/mol. The van der Waals surface area contributed by atoms with Crippen molar-refractivity contribution in [1.29, 1.82) is 0 Å². The van der Waals surface area contributed by atoms with Gasteiger partial charge in [0.2, 0.25) is 0 Å². The topological polar surface area (TPSA) is 68.0 Å². The number of carbonyl (C=O) groups excluding carboxylic acids is 1. The number of rotatable bonds is 2. The van der Waals surface area contributed by atoms with E-state index in [0.29, 0.717) is 0 Å². The minimum absolute atomic E-state index is 0.0365. The summed E-state index contributed by atoms with van der Waals surface area (Å²) in [6.07, 6.45) is -3.28. The van der Waals surface area contributed by atoms with Gasteiger partial charge in [-0.25, -0.2) is 4.98 Å². The number of nitrogens with zero attached hydrogens (tertiary/aromatic N) is 1. The number of hydrogen-bond acceptors (Lipinski definition) is 3. The Morgan fingerprint density at radius 1 is 1.24 bits per heavy atom. The molecular weight excluding hydrogens is 307 g/mol. The van der Waals surface area contributed by atoms with Gasteiger partial charge >= 0.3 is 6.18 Å². The summed E-state index contributed by atoms with van der Waals surface area (Å²) in [4.78, 5) is 15.7. The summed E-state index contributed by atoms with van der Waals surface area (Å²) in [5.74, 6) is -0.908. The van der Waals surface area contributed by atoms with Gasteiger partial charge in [0.1, 0.15) is 5.82 Å². The molecule has 0 radical (unpaired) electrons. The number of amides is 1. The maximum Gasteiger partial charge on any atom is 0.418 e. The molecule has 0 saturated carbocycles. The fourth-order valence-electron chi connectivity index (χ4n) is 1.68. The number of benzene rings is 1. The molecule has 21 heavy (non-hydrogen) atoms. The zero-order valence-corrected chi connectivity index (χ0v) is 11.2. The summed E-state index contributed by atoms with van der Waals surface area (Å²) in [7, 11) is 0. The van der Waals surface area contributed by atoms with Gasteiger partial charge in [-0.2, -0.15) is 13.2 Å². The number of carbonyl (C=O) groups is 1. The number of anilines is 2. The highest BCUT2D eigenvalue weighted by Gasteiger charge is 2.35. The van der Waals surface area contributed by atoms with Gasteiger partial charge < -0.3 is 11.1 Å². The first-order valence-corrected chi connectivity index (χ1v) is 6.06. The predicted octanol–water partition coefficient (Wildman–Crippen LogP) is 3.59. The van der Waals surface area contributed by atoms with Gasteiger partial charge in [0, 0.05) is 6.20 Å². The van der Waals surface area contributed by atoms with Crippen LogP contribution < -0.4 is 11.1 Å². The van der Waals surface area contributed by atoms with Gasteiger partial charge in [0.25, 0.3) is 5.91 Å². The Hall–Kier alpha value is -2.28. The molecule has 0 spiro atoms. The molecule has 4 nitrogen and oxygen atoms in total. The van der Waals surface area contributed by atoms with Gasteiger partial charge in [-0.05, 0) is 24.3 Å². The van der Waals surface area contributed by atoms with E-state index >= 15 is 0 Å². The highest BCUT2D eigenvalue weighted by Crippen LogP contribution is 2.38. The van der Waals surface area contributed by atoms with E-state index in [1.165, 1.54) is 24.4 Å². The van der Waals surface area contributed by atoms with Crippen molar-refractivity contribution in [3.63, 3.8) is 0 Å². The van der Waals surface area contributed by atoms with Crippen molar-refractivity contribution in [2.75, 3.05) is 11.1 Å². The van der Waals surface area contributed by atoms with Crippen molar-refractivity contribution >= 4 is 29.0 Å². The number of aromatic nitrogens is 1. The van der Waals surface area contributed by atoms with Crippen LogP contribution in [-0.2, 0) is 6.18 Å². The molecule has 110 valence electrons. The summed E-state index contributed by atoms with van der Waals surface area (Å²) < 4.78 is 38.7. The third-order valence-corrected chi connectivity index (χ3v) is 2.96. The Morgan fingerprint density at radius 3 is 2.57 bits per heavy atom. The average Bonchev–Trinajstić information content (AvgIpc) is 2.40. The Kier molecular flexibility index (Phi) is 4.04. The summed E-state index contributed by atoms with van der Waals surface area (Å²) in [5.41, 5.74) is 3.92. The van der Waals surface area contributed by atoms with E-state index in [-0.39, 0.29) is 16.4 Å². The highest BCUT2D eigenvalue weighted by atomic mass is 35.5.